The average molecular weight is 311 g/mol. The predicted octanol–water partition coefficient (Wildman–Crippen LogP) is 3.21. The summed E-state index contributed by atoms with van der Waals surface area (Å²) in [5, 5.41) is 2.96. The predicted molar refractivity (Wildman–Crippen MR) is 77.4 cm³/mol. The zero-order valence-corrected chi connectivity index (χ0v) is 12.2. The summed E-state index contributed by atoms with van der Waals surface area (Å²) in [4.78, 5) is 12.2. The van der Waals surface area contributed by atoms with Crippen LogP contribution in [0, 0.1) is 12.8 Å². The number of anilines is 1. The van der Waals surface area contributed by atoms with E-state index in [1.54, 1.807) is 0 Å². The van der Waals surface area contributed by atoms with E-state index < -0.39 is 0 Å². The number of rotatable bonds is 2. The first-order valence-electron chi connectivity index (χ1n) is 6.40. The van der Waals surface area contributed by atoms with Crippen molar-refractivity contribution in [3.63, 3.8) is 0 Å². The molecule has 4 heteroatoms. The molecule has 2 rings (SSSR count). The van der Waals surface area contributed by atoms with Crippen LogP contribution in [0.3, 0.4) is 0 Å². The Kier molecular flexibility index (Phi) is 4.40. The summed E-state index contributed by atoms with van der Waals surface area (Å²) in [5.74, 6) is 0.0109. The second-order valence-corrected chi connectivity index (χ2v) is 5.86. The molecule has 0 radical (unpaired) electrons. The fourth-order valence-electron chi connectivity index (χ4n) is 2.39. The van der Waals surface area contributed by atoms with Gasteiger partial charge in [-0.15, -0.1) is 0 Å². The smallest absolute Gasteiger partial charge is 0.229 e. The van der Waals surface area contributed by atoms with Gasteiger partial charge in [0, 0.05) is 16.2 Å². The fourth-order valence-corrected chi connectivity index (χ4v) is 2.77. The number of halogens is 1. The van der Waals surface area contributed by atoms with Crippen LogP contribution in [0.5, 0.6) is 0 Å². The van der Waals surface area contributed by atoms with Gasteiger partial charge in [0.05, 0.1) is 5.92 Å². The first-order chi connectivity index (χ1) is 8.58. The van der Waals surface area contributed by atoms with E-state index in [-0.39, 0.29) is 17.9 Å². The van der Waals surface area contributed by atoms with E-state index >= 15 is 0 Å². The Morgan fingerprint density at radius 2 is 2.11 bits per heavy atom. The normalized spacial score (nSPS) is 23.7. The standard InChI is InChI=1S/C14H19BrN2O/c1-9-6-7-10(8-12(9)15)17-14(18)11-4-2-3-5-13(11)16/h6-8,11,13H,2-5,16H2,1H3,(H,17,18). The minimum absolute atomic E-state index is 0.00707. The molecule has 0 spiro atoms. The van der Waals surface area contributed by atoms with Crippen molar-refractivity contribution in [2.24, 2.45) is 11.7 Å². The Labute approximate surface area is 116 Å². The molecule has 1 amide bonds. The monoisotopic (exact) mass is 310 g/mol. The summed E-state index contributed by atoms with van der Waals surface area (Å²) in [6.45, 7) is 2.02. The van der Waals surface area contributed by atoms with Gasteiger partial charge >= 0.3 is 0 Å². The number of hydrogen-bond donors (Lipinski definition) is 2. The molecule has 1 aromatic carbocycles. The molecule has 1 fully saturated rings. The highest BCUT2D eigenvalue weighted by Crippen LogP contribution is 2.25. The molecular weight excluding hydrogens is 292 g/mol. The fraction of sp³-hybridized carbons (Fsp3) is 0.500. The molecule has 1 aromatic rings. The lowest BCUT2D eigenvalue weighted by Crippen LogP contribution is -2.40. The Morgan fingerprint density at radius 3 is 2.78 bits per heavy atom. The zero-order valence-electron chi connectivity index (χ0n) is 10.6. The van der Waals surface area contributed by atoms with Gasteiger partial charge in [0.2, 0.25) is 5.91 Å². The number of aryl methyl sites for hydroxylation is 1. The Bertz CT molecular complexity index is 447. The SMILES string of the molecule is Cc1ccc(NC(=O)C2CCCCC2N)cc1Br. The number of nitrogens with two attached hydrogens (primary N) is 1. The van der Waals surface area contributed by atoms with Crippen LogP contribution in [0.4, 0.5) is 5.69 Å². The van der Waals surface area contributed by atoms with Gasteiger partial charge in [-0.3, -0.25) is 4.79 Å². The Hall–Kier alpha value is -0.870. The van der Waals surface area contributed by atoms with Crippen LogP contribution in [0.1, 0.15) is 31.2 Å². The molecule has 3 N–H and O–H groups in total. The second kappa shape index (κ2) is 5.85. The average Bonchev–Trinajstić information content (AvgIpc) is 2.34. The van der Waals surface area contributed by atoms with E-state index in [0.717, 1.165) is 41.4 Å². The number of benzene rings is 1. The zero-order chi connectivity index (χ0) is 13.1. The van der Waals surface area contributed by atoms with Gasteiger partial charge in [-0.1, -0.05) is 34.8 Å². The van der Waals surface area contributed by atoms with E-state index in [1.807, 2.05) is 25.1 Å². The van der Waals surface area contributed by atoms with Crippen LogP contribution in [0.15, 0.2) is 22.7 Å². The molecule has 3 nitrogen and oxygen atoms in total. The summed E-state index contributed by atoms with van der Waals surface area (Å²) >= 11 is 3.47. The molecule has 1 aliphatic carbocycles. The van der Waals surface area contributed by atoms with Crippen LogP contribution < -0.4 is 11.1 Å². The van der Waals surface area contributed by atoms with Crippen LogP contribution in [-0.2, 0) is 4.79 Å². The number of nitrogens with one attached hydrogen (secondary N) is 1. The lowest BCUT2D eigenvalue weighted by molar-refractivity contribution is -0.121. The third kappa shape index (κ3) is 3.12. The van der Waals surface area contributed by atoms with Crippen LogP contribution >= 0.6 is 15.9 Å². The summed E-state index contributed by atoms with van der Waals surface area (Å²) in [5.41, 5.74) is 8.00. The highest BCUT2D eigenvalue weighted by atomic mass is 79.9. The maximum Gasteiger partial charge on any atom is 0.229 e. The van der Waals surface area contributed by atoms with Gasteiger partial charge in [-0.05, 0) is 37.5 Å². The van der Waals surface area contributed by atoms with Crippen molar-refractivity contribution in [3.05, 3.63) is 28.2 Å². The van der Waals surface area contributed by atoms with Crippen molar-refractivity contribution >= 4 is 27.5 Å². The highest BCUT2D eigenvalue weighted by Gasteiger charge is 2.28. The topological polar surface area (TPSA) is 55.1 Å². The van der Waals surface area contributed by atoms with Gasteiger partial charge in [0.1, 0.15) is 0 Å². The Balaban J connectivity index is 2.04. The molecule has 2 unspecified atom stereocenters. The number of carbonyl (C=O) groups excluding carboxylic acids is 1. The molecule has 18 heavy (non-hydrogen) atoms. The van der Waals surface area contributed by atoms with Crippen LogP contribution in [0.25, 0.3) is 0 Å². The van der Waals surface area contributed by atoms with Crippen molar-refractivity contribution in [2.75, 3.05) is 5.32 Å². The van der Waals surface area contributed by atoms with Crippen LogP contribution in [0.2, 0.25) is 0 Å². The summed E-state index contributed by atoms with van der Waals surface area (Å²) in [6, 6.07) is 5.85. The van der Waals surface area contributed by atoms with E-state index in [9.17, 15) is 4.79 Å². The highest BCUT2D eigenvalue weighted by molar-refractivity contribution is 9.10. The van der Waals surface area contributed by atoms with Gasteiger partial charge in [-0.25, -0.2) is 0 Å². The molecule has 0 saturated heterocycles. The van der Waals surface area contributed by atoms with Crippen molar-refractivity contribution in [3.8, 4) is 0 Å². The largest absolute Gasteiger partial charge is 0.327 e. The molecule has 0 aliphatic heterocycles. The molecule has 0 heterocycles. The molecule has 0 bridgehead atoms. The van der Waals surface area contributed by atoms with Gasteiger partial charge in [0.15, 0.2) is 0 Å². The minimum Gasteiger partial charge on any atom is -0.327 e. The van der Waals surface area contributed by atoms with E-state index in [0.29, 0.717) is 0 Å². The van der Waals surface area contributed by atoms with Gasteiger partial charge < -0.3 is 11.1 Å². The van der Waals surface area contributed by atoms with Crippen LogP contribution in [-0.4, -0.2) is 11.9 Å². The summed E-state index contributed by atoms with van der Waals surface area (Å²) in [7, 11) is 0. The third-order valence-electron chi connectivity index (χ3n) is 3.60. The Morgan fingerprint density at radius 1 is 1.39 bits per heavy atom. The first-order valence-corrected chi connectivity index (χ1v) is 7.20. The number of amides is 1. The van der Waals surface area contributed by atoms with Crippen molar-refractivity contribution in [1.82, 2.24) is 0 Å². The first kappa shape index (κ1) is 13.6. The lowest BCUT2D eigenvalue weighted by atomic mass is 9.84. The van der Waals surface area contributed by atoms with Crippen molar-refractivity contribution < 1.29 is 4.79 Å². The maximum atomic E-state index is 12.2. The summed E-state index contributed by atoms with van der Waals surface area (Å²) < 4.78 is 1.01. The van der Waals surface area contributed by atoms with E-state index in [1.165, 1.54) is 0 Å². The molecule has 1 saturated carbocycles. The maximum absolute atomic E-state index is 12.2. The number of hydrogen-bond acceptors (Lipinski definition) is 2. The molecular formula is C14H19BrN2O. The van der Waals surface area contributed by atoms with Crippen molar-refractivity contribution in [2.45, 2.75) is 38.6 Å². The summed E-state index contributed by atoms with van der Waals surface area (Å²) in [6.07, 6.45) is 4.10. The van der Waals surface area contributed by atoms with Gasteiger partial charge in [0.25, 0.3) is 0 Å². The second-order valence-electron chi connectivity index (χ2n) is 5.01. The molecule has 1 aliphatic rings. The lowest BCUT2D eigenvalue weighted by Gasteiger charge is -2.27. The quantitative estimate of drug-likeness (QED) is 0.881. The molecule has 0 aromatic heterocycles. The van der Waals surface area contributed by atoms with E-state index in [2.05, 4.69) is 21.2 Å². The third-order valence-corrected chi connectivity index (χ3v) is 4.45. The van der Waals surface area contributed by atoms with E-state index in [4.69, 9.17) is 5.73 Å². The van der Waals surface area contributed by atoms with Gasteiger partial charge in [-0.2, -0.15) is 0 Å². The molecule has 98 valence electrons. The molecule has 2 atom stereocenters. The number of carbonyl (C=O) groups is 1. The minimum atomic E-state index is -0.0428. The van der Waals surface area contributed by atoms with Crippen molar-refractivity contribution in [1.29, 1.82) is 0 Å².